The van der Waals surface area contributed by atoms with Crippen molar-refractivity contribution in [3.63, 3.8) is 0 Å². The third-order valence-corrected chi connectivity index (χ3v) is 5.20. The number of fused-ring (bicyclic) bond motifs is 2. The van der Waals surface area contributed by atoms with Crippen LogP contribution in [0.4, 0.5) is 0 Å². The third kappa shape index (κ3) is 3.12. The van der Waals surface area contributed by atoms with Gasteiger partial charge >= 0.3 is 0 Å². The minimum absolute atomic E-state index is 0.130. The van der Waals surface area contributed by atoms with Crippen LogP contribution in [0.15, 0.2) is 75.9 Å². The second kappa shape index (κ2) is 7.15. The minimum atomic E-state index is -0.130. The standard InChI is InChI=1S/C24H19N3O3/c1-15-22-19(13-20(21-8-5-11-29-21)25-23(22)30-26-15)24(28)27(2)14-16-9-10-17-6-3-4-7-18(17)12-16/h3-13H,14H2,1-2H3. The molecule has 0 radical (unpaired) electrons. The maximum Gasteiger partial charge on any atom is 0.259 e. The van der Waals surface area contributed by atoms with Gasteiger partial charge in [-0.1, -0.05) is 41.6 Å². The summed E-state index contributed by atoms with van der Waals surface area (Å²) in [4.78, 5) is 19.6. The van der Waals surface area contributed by atoms with Crippen LogP contribution in [0.1, 0.15) is 21.6 Å². The van der Waals surface area contributed by atoms with Gasteiger partial charge in [0.05, 0.1) is 22.9 Å². The highest BCUT2D eigenvalue weighted by Crippen LogP contribution is 2.28. The van der Waals surface area contributed by atoms with E-state index in [2.05, 4.69) is 34.4 Å². The van der Waals surface area contributed by atoms with Gasteiger partial charge in [-0.2, -0.15) is 0 Å². The number of hydrogen-bond acceptors (Lipinski definition) is 5. The first-order chi connectivity index (χ1) is 14.6. The molecule has 0 saturated carbocycles. The number of furan rings is 1. The number of nitrogens with zero attached hydrogens (tertiary/aromatic N) is 3. The van der Waals surface area contributed by atoms with E-state index in [1.54, 1.807) is 43.3 Å². The van der Waals surface area contributed by atoms with Gasteiger partial charge in [-0.05, 0) is 47.5 Å². The molecule has 6 nitrogen and oxygen atoms in total. The minimum Gasteiger partial charge on any atom is -0.463 e. The van der Waals surface area contributed by atoms with Crippen molar-refractivity contribution in [2.75, 3.05) is 7.05 Å². The lowest BCUT2D eigenvalue weighted by Gasteiger charge is -2.18. The summed E-state index contributed by atoms with van der Waals surface area (Å²) < 4.78 is 10.8. The molecule has 3 aromatic heterocycles. The Balaban J connectivity index is 1.52. The molecule has 0 aliphatic carbocycles. The Morgan fingerprint density at radius 1 is 1.03 bits per heavy atom. The van der Waals surface area contributed by atoms with Crippen LogP contribution in [0.3, 0.4) is 0 Å². The van der Waals surface area contributed by atoms with Gasteiger partial charge in [0, 0.05) is 13.6 Å². The number of carbonyl (C=O) groups is 1. The number of aromatic nitrogens is 2. The van der Waals surface area contributed by atoms with Crippen LogP contribution < -0.4 is 0 Å². The van der Waals surface area contributed by atoms with E-state index >= 15 is 0 Å². The van der Waals surface area contributed by atoms with Crippen LogP contribution >= 0.6 is 0 Å². The molecular formula is C24H19N3O3. The highest BCUT2D eigenvalue weighted by molar-refractivity contribution is 6.06. The SMILES string of the molecule is Cc1noc2nc(-c3ccco3)cc(C(=O)N(C)Cc3ccc4ccccc4c3)c12. The molecule has 0 atom stereocenters. The van der Waals surface area contributed by atoms with E-state index < -0.39 is 0 Å². The Bertz CT molecular complexity index is 1370. The van der Waals surface area contributed by atoms with E-state index in [1.807, 2.05) is 18.2 Å². The highest BCUT2D eigenvalue weighted by atomic mass is 16.5. The fraction of sp³-hybridized carbons (Fsp3) is 0.125. The average molecular weight is 397 g/mol. The second-order valence-electron chi connectivity index (χ2n) is 7.32. The van der Waals surface area contributed by atoms with Crippen molar-refractivity contribution in [3.05, 3.63) is 83.7 Å². The van der Waals surface area contributed by atoms with Crippen LogP contribution in [-0.4, -0.2) is 28.0 Å². The van der Waals surface area contributed by atoms with E-state index in [9.17, 15) is 4.79 Å². The summed E-state index contributed by atoms with van der Waals surface area (Å²) in [7, 11) is 1.79. The van der Waals surface area contributed by atoms with Crippen molar-refractivity contribution >= 4 is 27.8 Å². The molecule has 0 fully saturated rings. The molecule has 0 spiro atoms. The first-order valence-corrected chi connectivity index (χ1v) is 9.64. The van der Waals surface area contributed by atoms with Crippen molar-refractivity contribution in [1.82, 2.24) is 15.0 Å². The zero-order valence-electron chi connectivity index (χ0n) is 16.6. The number of benzene rings is 2. The molecule has 6 heteroatoms. The molecular weight excluding hydrogens is 378 g/mol. The average Bonchev–Trinajstić information content (AvgIpc) is 3.43. The molecule has 5 rings (SSSR count). The molecule has 1 amide bonds. The van der Waals surface area contributed by atoms with Crippen LogP contribution in [0.2, 0.25) is 0 Å². The molecule has 2 aromatic carbocycles. The second-order valence-corrected chi connectivity index (χ2v) is 7.32. The van der Waals surface area contributed by atoms with E-state index in [4.69, 9.17) is 8.94 Å². The van der Waals surface area contributed by atoms with Gasteiger partial charge in [0.1, 0.15) is 5.69 Å². The molecule has 0 N–H and O–H groups in total. The number of hydrogen-bond donors (Lipinski definition) is 0. The van der Waals surface area contributed by atoms with Gasteiger partial charge < -0.3 is 13.8 Å². The summed E-state index contributed by atoms with van der Waals surface area (Å²) >= 11 is 0. The van der Waals surface area contributed by atoms with Crippen molar-refractivity contribution < 1.29 is 13.7 Å². The first kappa shape index (κ1) is 18.1. The number of amides is 1. The lowest BCUT2D eigenvalue weighted by molar-refractivity contribution is 0.0787. The summed E-state index contributed by atoms with van der Waals surface area (Å²) in [5.74, 6) is 0.437. The Labute approximate surface area is 172 Å². The first-order valence-electron chi connectivity index (χ1n) is 9.64. The monoisotopic (exact) mass is 397 g/mol. The molecule has 0 unspecified atom stereocenters. The largest absolute Gasteiger partial charge is 0.463 e. The molecule has 0 aliphatic heterocycles. The zero-order valence-corrected chi connectivity index (χ0v) is 16.6. The predicted molar refractivity (Wildman–Crippen MR) is 114 cm³/mol. The van der Waals surface area contributed by atoms with Gasteiger partial charge in [-0.25, -0.2) is 4.98 Å². The van der Waals surface area contributed by atoms with Crippen LogP contribution in [0.25, 0.3) is 33.3 Å². The number of rotatable bonds is 4. The number of carbonyl (C=O) groups excluding carboxylic acids is 1. The summed E-state index contributed by atoms with van der Waals surface area (Å²) in [5.41, 5.74) is 3.04. The summed E-state index contributed by atoms with van der Waals surface area (Å²) in [6, 6.07) is 19.7. The molecule has 30 heavy (non-hydrogen) atoms. The Kier molecular flexibility index (Phi) is 4.32. The van der Waals surface area contributed by atoms with E-state index in [0.717, 1.165) is 10.9 Å². The van der Waals surface area contributed by atoms with Crippen LogP contribution in [0, 0.1) is 6.92 Å². The van der Waals surface area contributed by atoms with Gasteiger partial charge in [0.15, 0.2) is 5.76 Å². The normalized spacial score (nSPS) is 11.3. The smallest absolute Gasteiger partial charge is 0.259 e. The number of pyridine rings is 1. The molecule has 0 aliphatic rings. The van der Waals surface area contributed by atoms with E-state index in [0.29, 0.717) is 40.4 Å². The predicted octanol–water partition coefficient (Wildman–Crippen LogP) is 5.22. The van der Waals surface area contributed by atoms with E-state index in [-0.39, 0.29) is 5.91 Å². The van der Waals surface area contributed by atoms with Crippen molar-refractivity contribution in [1.29, 1.82) is 0 Å². The Morgan fingerprint density at radius 3 is 2.67 bits per heavy atom. The van der Waals surface area contributed by atoms with Gasteiger partial charge in [-0.3, -0.25) is 4.79 Å². The van der Waals surface area contributed by atoms with Gasteiger partial charge in [0.25, 0.3) is 11.6 Å². The fourth-order valence-electron chi connectivity index (χ4n) is 3.70. The Hall–Kier alpha value is -3.93. The van der Waals surface area contributed by atoms with Crippen molar-refractivity contribution in [2.24, 2.45) is 0 Å². The van der Waals surface area contributed by atoms with Crippen LogP contribution in [-0.2, 0) is 6.54 Å². The zero-order chi connectivity index (χ0) is 20.7. The maximum absolute atomic E-state index is 13.4. The maximum atomic E-state index is 13.4. The fourth-order valence-corrected chi connectivity index (χ4v) is 3.70. The Morgan fingerprint density at radius 2 is 1.87 bits per heavy atom. The highest BCUT2D eigenvalue weighted by Gasteiger charge is 2.22. The third-order valence-electron chi connectivity index (χ3n) is 5.20. The van der Waals surface area contributed by atoms with E-state index in [1.165, 1.54) is 5.39 Å². The summed E-state index contributed by atoms with van der Waals surface area (Å²) in [6.07, 6.45) is 1.57. The summed E-state index contributed by atoms with van der Waals surface area (Å²) in [6.45, 7) is 2.29. The molecule has 0 bridgehead atoms. The molecule has 0 saturated heterocycles. The van der Waals surface area contributed by atoms with Crippen LogP contribution in [0.5, 0.6) is 0 Å². The summed E-state index contributed by atoms with van der Waals surface area (Å²) in [5, 5.41) is 6.95. The van der Waals surface area contributed by atoms with Crippen molar-refractivity contribution in [3.8, 4) is 11.5 Å². The van der Waals surface area contributed by atoms with Gasteiger partial charge in [0.2, 0.25) is 0 Å². The topological polar surface area (TPSA) is 72.4 Å². The van der Waals surface area contributed by atoms with Crippen molar-refractivity contribution in [2.45, 2.75) is 13.5 Å². The quantitative estimate of drug-likeness (QED) is 0.416. The lowest BCUT2D eigenvalue weighted by atomic mass is 10.1. The number of aryl methyl sites for hydroxylation is 1. The van der Waals surface area contributed by atoms with Gasteiger partial charge in [-0.15, -0.1) is 0 Å². The molecule has 3 heterocycles. The lowest BCUT2D eigenvalue weighted by Crippen LogP contribution is -2.26. The molecule has 148 valence electrons. The molecule has 5 aromatic rings.